The zero-order valence-electron chi connectivity index (χ0n) is 12.5. The normalized spacial score (nSPS) is 25.3. The van der Waals surface area contributed by atoms with E-state index in [-0.39, 0.29) is 11.9 Å². The molecule has 0 radical (unpaired) electrons. The van der Waals surface area contributed by atoms with Gasteiger partial charge >= 0.3 is 5.97 Å². The molecule has 2 aliphatic rings. The van der Waals surface area contributed by atoms with E-state index in [4.69, 9.17) is 0 Å². The van der Waals surface area contributed by atoms with E-state index < -0.39 is 11.4 Å². The van der Waals surface area contributed by atoms with Crippen molar-refractivity contribution in [1.29, 1.82) is 0 Å². The van der Waals surface area contributed by atoms with Crippen molar-refractivity contribution in [2.24, 2.45) is 5.41 Å². The van der Waals surface area contributed by atoms with Gasteiger partial charge in [-0.15, -0.1) is 0 Å². The number of rotatable bonds is 4. The summed E-state index contributed by atoms with van der Waals surface area (Å²) >= 11 is 0. The van der Waals surface area contributed by atoms with Crippen LogP contribution in [0.1, 0.15) is 52.4 Å². The Balaban J connectivity index is 1.83. The highest BCUT2D eigenvalue weighted by Crippen LogP contribution is 2.31. The summed E-state index contributed by atoms with van der Waals surface area (Å²) < 4.78 is 0. The van der Waals surface area contributed by atoms with Crippen LogP contribution >= 0.6 is 0 Å². The van der Waals surface area contributed by atoms with E-state index >= 15 is 0 Å². The molecule has 0 aromatic heterocycles. The summed E-state index contributed by atoms with van der Waals surface area (Å²) in [6, 6.07) is 0.188. The number of piperidine rings is 1. The molecule has 1 atom stereocenters. The van der Waals surface area contributed by atoms with Crippen LogP contribution in [-0.4, -0.2) is 47.1 Å². The van der Waals surface area contributed by atoms with Crippen LogP contribution in [0.5, 0.6) is 0 Å². The number of nitrogens with zero attached hydrogens (tertiary/aromatic N) is 1. The van der Waals surface area contributed by atoms with E-state index in [2.05, 4.69) is 10.2 Å². The van der Waals surface area contributed by atoms with Gasteiger partial charge in [-0.2, -0.15) is 0 Å². The number of carbonyl (C=O) groups excluding carboxylic acids is 1. The minimum Gasteiger partial charge on any atom is -0.481 e. The van der Waals surface area contributed by atoms with Crippen LogP contribution in [0.3, 0.4) is 0 Å². The molecule has 114 valence electrons. The maximum atomic E-state index is 12.2. The zero-order valence-corrected chi connectivity index (χ0v) is 12.5. The smallest absolute Gasteiger partial charge is 0.309 e. The lowest BCUT2D eigenvalue weighted by Gasteiger charge is -2.39. The van der Waals surface area contributed by atoms with Gasteiger partial charge in [0.15, 0.2) is 0 Å². The molecule has 0 aromatic carbocycles. The first-order chi connectivity index (χ1) is 9.42. The molecule has 2 N–H and O–H groups in total. The maximum absolute atomic E-state index is 12.2. The number of carboxylic acids is 1. The molecule has 5 heteroatoms. The molecule has 1 saturated carbocycles. The summed E-state index contributed by atoms with van der Waals surface area (Å²) in [6.07, 6.45) is 5.83. The highest BCUT2D eigenvalue weighted by molar-refractivity contribution is 5.81. The number of nitrogens with one attached hydrogen (secondary N) is 1. The topological polar surface area (TPSA) is 69.6 Å². The molecule has 0 bridgehead atoms. The van der Waals surface area contributed by atoms with Gasteiger partial charge < -0.3 is 10.4 Å². The van der Waals surface area contributed by atoms with E-state index in [1.165, 1.54) is 12.8 Å². The molecule has 1 amide bonds. The first kappa shape index (κ1) is 15.3. The third kappa shape index (κ3) is 3.32. The number of amides is 1. The second-order valence-corrected chi connectivity index (χ2v) is 6.57. The zero-order chi connectivity index (χ0) is 14.8. The highest BCUT2D eigenvalue weighted by atomic mass is 16.4. The van der Waals surface area contributed by atoms with Crippen molar-refractivity contribution in [3.05, 3.63) is 0 Å². The Labute approximate surface area is 120 Å². The molecule has 2 fully saturated rings. The van der Waals surface area contributed by atoms with Gasteiger partial charge in [-0.1, -0.05) is 12.8 Å². The van der Waals surface area contributed by atoms with Crippen molar-refractivity contribution in [2.75, 3.05) is 13.1 Å². The molecule has 20 heavy (non-hydrogen) atoms. The molecule has 1 saturated heterocycles. The van der Waals surface area contributed by atoms with Crippen molar-refractivity contribution in [3.8, 4) is 0 Å². The van der Waals surface area contributed by atoms with Crippen molar-refractivity contribution >= 4 is 11.9 Å². The molecule has 1 aliphatic carbocycles. The molecule has 5 nitrogen and oxygen atoms in total. The van der Waals surface area contributed by atoms with E-state index in [1.54, 1.807) is 6.92 Å². The summed E-state index contributed by atoms with van der Waals surface area (Å²) in [5, 5.41) is 12.3. The molecule has 1 aliphatic heterocycles. The van der Waals surface area contributed by atoms with Crippen LogP contribution in [0.2, 0.25) is 0 Å². The largest absolute Gasteiger partial charge is 0.481 e. The lowest BCUT2D eigenvalue weighted by atomic mass is 9.80. The minimum atomic E-state index is -0.722. The lowest BCUT2D eigenvalue weighted by Crippen LogP contribution is -2.52. The Bertz CT molecular complexity index is 369. The average Bonchev–Trinajstić information content (AvgIpc) is 2.91. The predicted molar refractivity (Wildman–Crippen MR) is 76.4 cm³/mol. The van der Waals surface area contributed by atoms with E-state index in [0.717, 1.165) is 12.8 Å². The highest BCUT2D eigenvalue weighted by Gasteiger charge is 2.39. The summed E-state index contributed by atoms with van der Waals surface area (Å²) in [5.74, 6) is -0.629. The fourth-order valence-corrected chi connectivity index (χ4v) is 3.18. The molecular weight excluding hydrogens is 256 g/mol. The number of aliphatic carboxylic acids is 1. The second kappa shape index (κ2) is 6.12. The first-order valence-electron chi connectivity index (χ1n) is 7.70. The van der Waals surface area contributed by atoms with Gasteiger partial charge in [0.25, 0.3) is 0 Å². The summed E-state index contributed by atoms with van der Waals surface area (Å²) in [5.41, 5.74) is -0.627. The van der Waals surface area contributed by atoms with Gasteiger partial charge in [0.1, 0.15) is 0 Å². The molecule has 1 unspecified atom stereocenters. The van der Waals surface area contributed by atoms with E-state index in [0.29, 0.717) is 32.0 Å². The minimum absolute atomic E-state index is 0.0934. The average molecular weight is 282 g/mol. The van der Waals surface area contributed by atoms with Crippen LogP contribution in [-0.2, 0) is 9.59 Å². The molecular formula is C15H26N2O3. The monoisotopic (exact) mass is 282 g/mol. The van der Waals surface area contributed by atoms with Crippen LogP contribution in [0.15, 0.2) is 0 Å². The second-order valence-electron chi connectivity index (χ2n) is 6.57. The van der Waals surface area contributed by atoms with Crippen molar-refractivity contribution in [3.63, 3.8) is 0 Å². The van der Waals surface area contributed by atoms with Crippen molar-refractivity contribution in [1.82, 2.24) is 10.2 Å². The van der Waals surface area contributed by atoms with Gasteiger partial charge in [-0.05, 0) is 52.6 Å². The Morgan fingerprint density at radius 2 is 1.80 bits per heavy atom. The fraction of sp³-hybridized carbons (Fsp3) is 0.867. The first-order valence-corrected chi connectivity index (χ1v) is 7.70. The van der Waals surface area contributed by atoms with Crippen LogP contribution in [0.4, 0.5) is 0 Å². The van der Waals surface area contributed by atoms with Crippen LogP contribution in [0.25, 0.3) is 0 Å². The third-order valence-corrected chi connectivity index (χ3v) is 5.05. The maximum Gasteiger partial charge on any atom is 0.309 e. The third-order valence-electron chi connectivity index (χ3n) is 5.05. The lowest BCUT2D eigenvalue weighted by molar-refractivity contribution is -0.151. The Morgan fingerprint density at radius 1 is 1.25 bits per heavy atom. The predicted octanol–water partition coefficient (Wildman–Crippen LogP) is 1.62. The van der Waals surface area contributed by atoms with Gasteiger partial charge in [-0.3, -0.25) is 14.5 Å². The standard InChI is InChI=1S/C15H26N2O3/c1-11(13(18)16-12-5-3-4-6-12)17-9-7-15(2,8-10-17)14(19)20/h11-12H,3-10H2,1-2H3,(H,16,18)(H,19,20). The van der Waals surface area contributed by atoms with Gasteiger partial charge in [0, 0.05) is 6.04 Å². The number of likely N-dealkylation sites (tertiary alicyclic amines) is 1. The molecule has 2 rings (SSSR count). The molecule has 0 aromatic rings. The Morgan fingerprint density at radius 3 is 2.30 bits per heavy atom. The van der Waals surface area contributed by atoms with E-state index in [1.807, 2.05) is 6.92 Å². The molecule has 0 spiro atoms. The van der Waals surface area contributed by atoms with Gasteiger partial charge in [0.2, 0.25) is 5.91 Å². The van der Waals surface area contributed by atoms with Crippen LogP contribution < -0.4 is 5.32 Å². The fourth-order valence-electron chi connectivity index (χ4n) is 3.18. The Kier molecular flexibility index (Phi) is 4.68. The van der Waals surface area contributed by atoms with Gasteiger partial charge in [-0.25, -0.2) is 0 Å². The van der Waals surface area contributed by atoms with Gasteiger partial charge in [0.05, 0.1) is 11.5 Å². The summed E-state index contributed by atoms with van der Waals surface area (Å²) in [4.78, 5) is 25.5. The number of carbonyl (C=O) groups is 2. The quantitative estimate of drug-likeness (QED) is 0.822. The number of hydrogen-bond donors (Lipinski definition) is 2. The Hall–Kier alpha value is -1.10. The number of carboxylic acid groups (broad SMARTS) is 1. The summed E-state index contributed by atoms with van der Waals surface area (Å²) in [6.45, 7) is 5.09. The number of hydrogen-bond acceptors (Lipinski definition) is 3. The van der Waals surface area contributed by atoms with Crippen LogP contribution in [0, 0.1) is 5.41 Å². The van der Waals surface area contributed by atoms with Crippen molar-refractivity contribution in [2.45, 2.75) is 64.5 Å². The van der Waals surface area contributed by atoms with Crippen molar-refractivity contribution < 1.29 is 14.7 Å². The SMILES string of the molecule is CC(C(=O)NC1CCCC1)N1CCC(C)(C(=O)O)CC1. The molecule has 1 heterocycles. The summed E-state index contributed by atoms with van der Waals surface area (Å²) in [7, 11) is 0. The van der Waals surface area contributed by atoms with E-state index in [9.17, 15) is 14.7 Å².